The van der Waals surface area contributed by atoms with Crippen LogP contribution in [-0.4, -0.2) is 84.6 Å². The maximum atomic E-state index is 13.1. The molecule has 3 fully saturated rings. The molecule has 4 aromatic rings. The second-order valence-electron chi connectivity index (χ2n) is 13.2. The van der Waals surface area contributed by atoms with Gasteiger partial charge in [-0.15, -0.1) is 0 Å². The Kier molecular flexibility index (Phi) is 7.85. The van der Waals surface area contributed by atoms with Crippen LogP contribution in [0.2, 0.25) is 0 Å². The zero-order valence-electron chi connectivity index (χ0n) is 25.9. The van der Waals surface area contributed by atoms with Gasteiger partial charge in [-0.25, -0.2) is 4.98 Å². The summed E-state index contributed by atoms with van der Waals surface area (Å²) in [6, 6.07) is 19.4. The van der Waals surface area contributed by atoms with Crippen LogP contribution in [0.3, 0.4) is 0 Å². The topological polar surface area (TPSA) is 206 Å². The van der Waals surface area contributed by atoms with Gasteiger partial charge in [0.15, 0.2) is 17.0 Å². The van der Waals surface area contributed by atoms with Crippen molar-refractivity contribution in [3.05, 3.63) is 78.1 Å². The number of hydrogen-bond donors (Lipinski definition) is 6. The molecule has 0 unspecified atom stereocenters. The number of hydrogen-bond acceptors (Lipinski definition) is 10. The van der Waals surface area contributed by atoms with Crippen LogP contribution in [0.15, 0.2) is 67.0 Å². The number of rotatable bonds is 10. The zero-order valence-corrected chi connectivity index (χ0v) is 25.9. The van der Waals surface area contributed by atoms with E-state index in [2.05, 4.69) is 34.6 Å². The summed E-state index contributed by atoms with van der Waals surface area (Å²) in [5.74, 6) is -1.23. The lowest BCUT2D eigenvalue weighted by molar-refractivity contribution is -0.187. The molecule has 7 rings (SSSR count). The minimum Gasteiger partial charge on any atom is -0.481 e. The Bertz CT molecular complexity index is 1740. The first-order valence-electron chi connectivity index (χ1n) is 16.1. The lowest BCUT2D eigenvalue weighted by atomic mass is 9.51. The molecule has 8 N–H and O–H groups in total. The molecule has 2 aromatic heterocycles. The standard InChI is InChI=1S/C34H40N8O5/c35-22-12-15-41(18-22)32-39-28(37-17-23(20-8-3-1-4-9-20)21-10-5-2-6-11-21)25-29(40-32)42(19-38-25)24-16-34(30(36)45,27(44)26(24)43)33(31(46)47)13-7-14-33/h1-6,8-11,19,22-24,26-27,43-44H,7,12-18,35H2,(H2,36,45)(H,46,47)(H,37,39,40)/t22-,24-,26+,27+,34+/m1/s1. The van der Waals surface area contributed by atoms with Crippen molar-refractivity contribution in [1.29, 1.82) is 0 Å². The van der Waals surface area contributed by atoms with Crippen molar-refractivity contribution in [3.63, 3.8) is 0 Å². The van der Waals surface area contributed by atoms with E-state index in [9.17, 15) is 24.9 Å². The van der Waals surface area contributed by atoms with E-state index in [1.54, 1.807) is 4.57 Å². The maximum absolute atomic E-state index is 13.1. The second-order valence-corrected chi connectivity index (χ2v) is 13.2. The number of amides is 1. The van der Waals surface area contributed by atoms with Crippen LogP contribution < -0.4 is 21.7 Å². The number of aliphatic hydroxyl groups is 2. The summed E-state index contributed by atoms with van der Waals surface area (Å²) in [5, 5.41) is 36.7. The number of imidazole rings is 1. The summed E-state index contributed by atoms with van der Waals surface area (Å²) in [6.45, 7) is 1.71. The summed E-state index contributed by atoms with van der Waals surface area (Å²) in [6.07, 6.45) is -0.124. The van der Waals surface area contributed by atoms with E-state index in [0.717, 1.165) is 17.5 Å². The van der Waals surface area contributed by atoms with Crippen LogP contribution in [0, 0.1) is 10.8 Å². The van der Waals surface area contributed by atoms with Crippen LogP contribution in [0.5, 0.6) is 0 Å². The second kappa shape index (κ2) is 11.9. The first kappa shape index (κ1) is 31.0. The molecule has 0 bridgehead atoms. The SMILES string of the molecule is NC(=O)[C@]1(C2(C(=O)O)CCC2)C[C@@H](n2cnc3c(NCC(c4ccccc4)c4ccccc4)nc(N4CC[C@@H](N)C4)nc32)[C@H](O)[C@@H]1O. The van der Waals surface area contributed by atoms with Gasteiger partial charge in [0.1, 0.15) is 6.10 Å². The quantitative estimate of drug-likeness (QED) is 0.148. The van der Waals surface area contributed by atoms with Gasteiger partial charge in [-0.05, 0) is 36.8 Å². The van der Waals surface area contributed by atoms with Gasteiger partial charge < -0.3 is 41.6 Å². The number of benzene rings is 2. The van der Waals surface area contributed by atoms with E-state index in [4.69, 9.17) is 21.4 Å². The number of aliphatic carboxylic acids is 1. The number of aromatic nitrogens is 4. The lowest BCUT2D eigenvalue weighted by Gasteiger charge is -2.51. The van der Waals surface area contributed by atoms with Crippen LogP contribution >= 0.6 is 0 Å². The van der Waals surface area contributed by atoms with Crippen LogP contribution in [0.4, 0.5) is 11.8 Å². The normalized spacial score (nSPS) is 26.9. The minimum absolute atomic E-state index is 0.00849. The maximum Gasteiger partial charge on any atom is 0.310 e. The molecule has 2 aliphatic carbocycles. The monoisotopic (exact) mass is 640 g/mol. The van der Waals surface area contributed by atoms with E-state index in [0.29, 0.717) is 49.0 Å². The van der Waals surface area contributed by atoms with E-state index < -0.39 is 41.0 Å². The number of carbonyl (C=O) groups is 2. The highest BCUT2D eigenvalue weighted by molar-refractivity contribution is 5.92. The van der Waals surface area contributed by atoms with E-state index in [1.165, 1.54) is 6.33 Å². The molecule has 2 aromatic carbocycles. The summed E-state index contributed by atoms with van der Waals surface area (Å²) in [5.41, 5.74) is 11.8. The molecule has 13 nitrogen and oxygen atoms in total. The van der Waals surface area contributed by atoms with Gasteiger partial charge in [-0.3, -0.25) is 9.59 Å². The van der Waals surface area contributed by atoms with Gasteiger partial charge in [0.2, 0.25) is 11.9 Å². The molecule has 0 radical (unpaired) electrons. The highest BCUT2D eigenvalue weighted by Crippen LogP contribution is 2.63. The first-order chi connectivity index (χ1) is 22.7. The van der Waals surface area contributed by atoms with Gasteiger partial charge in [0, 0.05) is 31.6 Å². The fraction of sp³-hybridized carbons (Fsp3) is 0.441. The number of carbonyl (C=O) groups excluding carboxylic acids is 1. The summed E-state index contributed by atoms with van der Waals surface area (Å²) in [7, 11) is 0. The Morgan fingerprint density at radius 2 is 1.68 bits per heavy atom. The molecular formula is C34H40N8O5. The molecule has 47 heavy (non-hydrogen) atoms. The van der Waals surface area contributed by atoms with E-state index in [1.807, 2.05) is 41.3 Å². The predicted octanol–water partition coefficient (Wildman–Crippen LogP) is 2.00. The number of nitrogens with zero attached hydrogens (tertiary/aromatic N) is 5. The first-order valence-corrected chi connectivity index (χ1v) is 16.1. The molecule has 2 saturated carbocycles. The molecule has 3 heterocycles. The molecule has 1 saturated heterocycles. The fourth-order valence-corrected chi connectivity index (χ4v) is 8.06. The van der Waals surface area contributed by atoms with Crippen molar-refractivity contribution < 1.29 is 24.9 Å². The summed E-state index contributed by atoms with van der Waals surface area (Å²) >= 11 is 0. The van der Waals surface area contributed by atoms with Gasteiger partial charge in [0.25, 0.3) is 0 Å². The minimum atomic E-state index is -1.87. The number of carboxylic acids is 1. The summed E-state index contributed by atoms with van der Waals surface area (Å²) in [4.78, 5) is 42.1. The number of primary amides is 1. The molecule has 1 aliphatic heterocycles. The number of fused-ring (bicyclic) bond motifs is 1. The van der Waals surface area contributed by atoms with Gasteiger partial charge in [-0.2, -0.15) is 9.97 Å². The van der Waals surface area contributed by atoms with Crippen LogP contribution in [0.25, 0.3) is 11.2 Å². The van der Waals surface area contributed by atoms with Crippen molar-refractivity contribution in [2.75, 3.05) is 29.9 Å². The number of nitrogens with one attached hydrogen (secondary N) is 1. The van der Waals surface area contributed by atoms with Crippen molar-refractivity contribution >= 4 is 34.8 Å². The Labute approximate surface area is 271 Å². The van der Waals surface area contributed by atoms with Crippen molar-refractivity contribution in [2.45, 2.75) is 62.3 Å². The van der Waals surface area contributed by atoms with E-state index in [-0.39, 0.29) is 31.2 Å². The van der Waals surface area contributed by atoms with Crippen LogP contribution in [0.1, 0.15) is 55.2 Å². The number of aliphatic hydroxyl groups excluding tert-OH is 2. The van der Waals surface area contributed by atoms with Crippen molar-refractivity contribution in [2.24, 2.45) is 22.3 Å². The molecule has 246 valence electrons. The zero-order chi connectivity index (χ0) is 32.9. The van der Waals surface area contributed by atoms with Gasteiger partial charge in [0.05, 0.1) is 29.3 Å². The highest BCUT2D eigenvalue weighted by atomic mass is 16.4. The third-order valence-corrected chi connectivity index (χ3v) is 10.8. The number of nitrogens with two attached hydrogens (primary N) is 2. The molecule has 5 atom stereocenters. The third-order valence-electron chi connectivity index (χ3n) is 10.8. The van der Waals surface area contributed by atoms with Crippen molar-refractivity contribution in [3.8, 4) is 0 Å². The van der Waals surface area contributed by atoms with Crippen LogP contribution in [-0.2, 0) is 9.59 Å². The molecule has 3 aliphatic rings. The highest BCUT2D eigenvalue weighted by Gasteiger charge is 2.71. The Morgan fingerprint density at radius 3 is 2.21 bits per heavy atom. The molecular weight excluding hydrogens is 600 g/mol. The fourth-order valence-electron chi connectivity index (χ4n) is 8.06. The number of anilines is 2. The molecule has 0 spiro atoms. The summed E-state index contributed by atoms with van der Waals surface area (Å²) < 4.78 is 1.63. The Balaban J connectivity index is 1.29. The predicted molar refractivity (Wildman–Crippen MR) is 175 cm³/mol. The van der Waals surface area contributed by atoms with Gasteiger partial charge >= 0.3 is 5.97 Å². The average molecular weight is 641 g/mol. The van der Waals surface area contributed by atoms with Crippen molar-refractivity contribution in [1.82, 2.24) is 19.5 Å². The lowest BCUT2D eigenvalue weighted by Crippen LogP contribution is -2.62. The average Bonchev–Trinajstić information content (AvgIpc) is 3.74. The largest absolute Gasteiger partial charge is 0.481 e. The molecule has 1 amide bonds. The smallest absolute Gasteiger partial charge is 0.310 e. The Hall–Kier alpha value is -4.59. The van der Waals surface area contributed by atoms with Gasteiger partial charge in [-0.1, -0.05) is 67.1 Å². The number of carboxylic acid groups (broad SMARTS) is 1. The Morgan fingerprint density at radius 1 is 1.02 bits per heavy atom. The van der Waals surface area contributed by atoms with E-state index >= 15 is 0 Å². The third kappa shape index (κ3) is 4.91. The molecule has 13 heteroatoms.